The van der Waals surface area contributed by atoms with Gasteiger partial charge >= 0.3 is 0 Å². The molecule has 204 valence electrons. The number of amides is 5. The molecule has 1 rings (SSSR count). The molecule has 0 unspecified atom stereocenters. The maximum atomic E-state index is 12.7. The SMILES string of the molecule is C=C(C)[C@H](NC(=O)[C@H](CCC(=O)NC[C@@H]1O[C@H](CC(N)=O)C[C@H]1O)NC)C(=O)N[C@@H](C)C(=O)NCO. The molecule has 0 aliphatic carbocycles. The lowest BCUT2D eigenvalue weighted by atomic mass is 10.1. The summed E-state index contributed by atoms with van der Waals surface area (Å²) in [6.07, 6.45) is -1.71. The molecule has 1 heterocycles. The van der Waals surface area contributed by atoms with Crippen LogP contribution >= 0.6 is 0 Å². The number of nitrogens with one attached hydrogen (secondary N) is 5. The van der Waals surface area contributed by atoms with Crippen LogP contribution < -0.4 is 32.3 Å². The molecule has 6 atom stereocenters. The number of ether oxygens (including phenoxy) is 1. The van der Waals surface area contributed by atoms with E-state index in [9.17, 15) is 29.1 Å². The monoisotopic (exact) mass is 514 g/mol. The van der Waals surface area contributed by atoms with E-state index in [1.807, 2.05) is 0 Å². The molecule has 0 spiro atoms. The van der Waals surface area contributed by atoms with Gasteiger partial charge in [-0.1, -0.05) is 6.58 Å². The average Bonchev–Trinajstić information content (AvgIpc) is 3.14. The molecule has 0 bridgehead atoms. The Kier molecular flexibility index (Phi) is 13.0. The molecule has 0 saturated carbocycles. The van der Waals surface area contributed by atoms with Gasteiger partial charge in [-0.15, -0.1) is 0 Å². The highest BCUT2D eigenvalue weighted by Crippen LogP contribution is 2.22. The Morgan fingerprint density at radius 3 is 2.33 bits per heavy atom. The Hall–Kier alpha value is -3.07. The zero-order valence-electron chi connectivity index (χ0n) is 20.8. The van der Waals surface area contributed by atoms with E-state index in [-0.39, 0.29) is 38.1 Å². The normalized spacial score (nSPS) is 21.5. The fourth-order valence-corrected chi connectivity index (χ4v) is 3.59. The van der Waals surface area contributed by atoms with Gasteiger partial charge in [0.2, 0.25) is 29.5 Å². The average molecular weight is 515 g/mol. The van der Waals surface area contributed by atoms with Crippen LogP contribution in [-0.4, -0.2) is 96.5 Å². The van der Waals surface area contributed by atoms with Crippen molar-refractivity contribution in [2.45, 2.75) is 76.0 Å². The molecule has 1 aliphatic rings. The lowest BCUT2D eigenvalue weighted by molar-refractivity contribution is -0.132. The predicted octanol–water partition coefficient (Wildman–Crippen LogP) is -3.50. The molecular weight excluding hydrogens is 476 g/mol. The Labute approximate surface area is 209 Å². The van der Waals surface area contributed by atoms with Crippen molar-refractivity contribution < 1.29 is 38.9 Å². The standard InChI is InChI=1S/C22H38N6O8/c1-11(2)19(22(35)27-12(3)20(33)26-10-29)28-21(34)14(24-4)5-6-18(32)25-9-16-15(30)7-13(36-16)8-17(23)31/h12-16,19,24,29-30H,1,5-10H2,2-4H3,(H2,23,31)(H,25,32)(H,26,33)(H,27,35)(H,28,34)/t12-,13-,14-,15+,16-,19-/m0/s1. The van der Waals surface area contributed by atoms with Crippen LogP contribution in [0, 0.1) is 0 Å². The lowest BCUT2D eigenvalue weighted by Crippen LogP contribution is -2.55. The minimum Gasteiger partial charge on any atom is -0.390 e. The Bertz CT molecular complexity index is 822. The van der Waals surface area contributed by atoms with Crippen LogP contribution in [0.4, 0.5) is 0 Å². The first-order valence-corrected chi connectivity index (χ1v) is 11.6. The van der Waals surface area contributed by atoms with Crippen molar-refractivity contribution in [3.8, 4) is 0 Å². The number of likely N-dealkylation sites (N-methyl/N-ethyl adjacent to an activating group) is 1. The van der Waals surface area contributed by atoms with Crippen LogP contribution in [0.2, 0.25) is 0 Å². The van der Waals surface area contributed by atoms with E-state index < -0.39 is 66.8 Å². The zero-order chi connectivity index (χ0) is 27.4. The lowest BCUT2D eigenvalue weighted by Gasteiger charge is -2.24. The van der Waals surface area contributed by atoms with Gasteiger partial charge in [0.25, 0.3) is 0 Å². The van der Waals surface area contributed by atoms with Crippen LogP contribution in [-0.2, 0) is 28.7 Å². The maximum Gasteiger partial charge on any atom is 0.247 e. The molecule has 36 heavy (non-hydrogen) atoms. The van der Waals surface area contributed by atoms with E-state index in [0.717, 1.165) is 0 Å². The highest BCUT2D eigenvalue weighted by atomic mass is 16.5. The van der Waals surface area contributed by atoms with Gasteiger partial charge < -0.3 is 47.3 Å². The van der Waals surface area contributed by atoms with Crippen molar-refractivity contribution in [1.82, 2.24) is 26.6 Å². The molecule has 0 aromatic rings. The number of primary amides is 1. The number of carbonyl (C=O) groups excluding carboxylic acids is 5. The fourth-order valence-electron chi connectivity index (χ4n) is 3.59. The fraction of sp³-hybridized carbons (Fsp3) is 0.682. The summed E-state index contributed by atoms with van der Waals surface area (Å²) in [4.78, 5) is 60.3. The molecule has 1 aliphatic heterocycles. The minimum absolute atomic E-state index is 0.0154. The second-order valence-corrected chi connectivity index (χ2v) is 8.67. The third-order valence-electron chi connectivity index (χ3n) is 5.60. The first-order valence-electron chi connectivity index (χ1n) is 11.6. The van der Waals surface area contributed by atoms with Gasteiger partial charge in [0.1, 0.15) is 24.9 Å². The third-order valence-corrected chi connectivity index (χ3v) is 5.60. The largest absolute Gasteiger partial charge is 0.390 e. The molecule has 1 saturated heterocycles. The summed E-state index contributed by atoms with van der Waals surface area (Å²) in [6.45, 7) is 6.12. The van der Waals surface area contributed by atoms with E-state index in [1.165, 1.54) is 14.0 Å². The summed E-state index contributed by atoms with van der Waals surface area (Å²) < 4.78 is 5.54. The van der Waals surface area contributed by atoms with Gasteiger partial charge in [-0.2, -0.15) is 0 Å². The summed E-state index contributed by atoms with van der Waals surface area (Å²) in [5, 5.41) is 31.4. The van der Waals surface area contributed by atoms with Crippen LogP contribution in [0.1, 0.15) is 39.5 Å². The number of aliphatic hydroxyl groups is 2. The van der Waals surface area contributed by atoms with Crippen molar-refractivity contribution >= 4 is 29.5 Å². The van der Waals surface area contributed by atoms with Crippen molar-refractivity contribution in [2.24, 2.45) is 5.73 Å². The van der Waals surface area contributed by atoms with Gasteiger partial charge in [0.15, 0.2) is 0 Å². The molecular formula is C22H38N6O8. The van der Waals surface area contributed by atoms with Gasteiger partial charge in [-0.3, -0.25) is 24.0 Å². The van der Waals surface area contributed by atoms with E-state index >= 15 is 0 Å². The van der Waals surface area contributed by atoms with Crippen LogP contribution in [0.25, 0.3) is 0 Å². The molecule has 0 aromatic carbocycles. The molecule has 9 N–H and O–H groups in total. The number of hydrogen-bond donors (Lipinski definition) is 8. The van der Waals surface area contributed by atoms with E-state index in [4.69, 9.17) is 15.6 Å². The Morgan fingerprint density at radius 2 is 1.78 bits per heavy atom. The highest BCUT2D eigenvalue weighted by Gasteiger charge is 2.35. The van der Waals surface area contributed by atoms with Crippen LogP contribution in [0.15, 0.2) is 12.2 Å². The molecule has 14 heteroatoms. The number of carbonyl (C=O) groups is 5. The van der Waals surface area contributed by atoms with Crippen molar-refractivity contribution in [3.63, 3.8) is 0 Å². The van der Waals surface area contributed by atoms with Crippen LogP contribution in [0.5, 0.6) is 0 Å². The van der Waals surface area contributed by atoms with Crippen molar-refractivity contribution in [3.05, 3.63) is 12.2 Å². The predicted molar refractivity (Wildman–Crippen MR) is 128 cm³/mol. The van der Waals surface area contributed by atoms with Gasteiger partial charge in [-0.25, -0.2) is 0 Å². The summed E-state index contributed by atoms with van der Waals surface area (Å²) in [5.74, 6) is -2.73. The molecule has 5 amide bonds. The minimum atomic E-state index is -1.12. The van der Waals surface area contributed by atoms with E-state index in [1.54, 1.807) is 6.92 Å². The maximum absolute atomic E-state index is 12.7. The Morgan fingerprint density at radius 1 is 1.11 bits per heavy atom. The van der Waals surface area contributed by atoms with Crippen molar-refractivity contribution in [1.29, 1.82) is 0 Å². The molecule has 1 fully saturated rings. The first-order chi connectivity index (χ1) is 16.9. The quantitative estimate of drug-likeness (QED) is 0.0801. The van der Waals surface area contributed by atoms with Crippen molar-refractivity contribution in [2.75, 3.05) is 20.3 Å². The van der Waals surface area contributed by atoms with E-state index in [0.29, 0.717) is 5.57 Å². The summed E-state index contributed by atoms with van der Waals surface area (Å²) >= 11 is 0. The van der Waals surface area contributed by atoms with Crippen LogP contribution in [0.3, 0.4) is 0 Å². The first kappa shape index (κ1) is 31.0. The summed E-state index contributed by atoms with van der Waals surface area (Å²) in [6, 6.07) is -2.89. The second-order valence-electron chi connectivity index (χ2n) is 8.67. The molecule has 14 nitrogen and oxygen atoms in total. The second kappa shape index (κ2) is 15.1. The van der Waals surface area contributed by atoms with E-state index in [2.05, 4.69) is 33.2 Å². The van der Waals surface area contributed by atoms with Gasteiger partial charge in [0, 0.05) is 19.4 Å². The topological polar surface area (TPSA) is 221 Å². The summed E-state index contributed by atoms with van der Waals surface area (Å²) in [5.41, 5.74) is 5.46. The number of hydrogen-bond acceptors (Lipinski definition) is 9. The number of rotatable bonds is 15. The van der Waals surface area contributed by atoms with Gasteiger partial charge in [-0.05, 0) is 32.9 Å². The smallest absolute Gasteiger partial charge is 0.247 e. The number of nitrogens with two attached hydrogens (primary N) is 1. The third kappa shape index (κ3) is 10.3. The molecule has 0 aromatic heterocycles. The molecule has 0 radical (unpaired) electrons. The Balaban J connectivity index is 2.56. The zero-order valence-corrected chi connectivity index (χ0v) is 20.8. The summed E-state index contributed by atoms with van der Waals surface area (Å²) in [7, 11) is 1.53. The number of aliphatic hydroxyl groups excluding tert-OH is 2. The highest BCUT2D eigenvalue weighted by molar-refractivity contribution is 5.94. The van der Waals surface area contributed by atoms with Gasteiger partial charge in [0.05, 0.1) is 24.7 Å².